The van der Waals surface area contributed by atoms with Crippen LogP contribution < -0.4 is 11.1 Å². The number of nitrogens with two attached hydrogens (primary N) is 1. The van der Waals surface area contributed by atoms with Gasteiger partial charge in [-0.05, 0) is 12.8 Å². The second-order valence-electron chi connectivity index (χ2n) is 2.32. The van der Waals surface area contributed by atoms with Gasteiger partial charge in [0.15, 0.2) is 0 Å². The van der Waals surface area contributed by atoms with Gasteiger partial charge >= 0.3 is 5.97 Å². The number of carboxylic acid groups (broad SMARTS) is 1. The number of carbonyl (C=O) groups excluding carboxylic acids is 1. The van der Waals surface area contributed by atoms with Gasteiger partial charge in [0, 0.05) is 0 Å². The van der Waals surface area contributed by atoms with E-state index in [2.05, 4.69) is 5.32 Å². The Hall–Kier alpha value is -1.14. The van der Waals surface area contributed by atoms with Gasteiger partial charge in [-0.1, -0.05) is 0 Å². The van der Waals surface area contributed by atoms with Crippen molar-refractivity contribution in [2.75, 3.05) is 0 Å². The molecule has 0 aromatic heterocycles. The minimum atomic E-state index is -1.12. The van der Waals surface area contributed by atoms with Gasteiger partial charge in [0.2, 0.25) is 6.41 Å². The molecule has 0 bridgehead atoms. The highest BCUT2D eigenvalue weighted by Crippen LogP contribution is 1.97. The summed E-state index contributed by atoms with van der Waals surface area (Å²) in [5.41, 5.74) is 5.13. The predicted molar refractivity (Wildman–Crippen MR) is 40.1 cm³/mol. The molecule has 6 nitrogen and oxygen atoms in total. The Balaban J connectivity index is 3.53. The lowest BCUT2D eigenvalue weighted by Crippen LogP contribution is -2.34. The molecule has 1 unspecified atom stereocenters. The summed E-state index contributed by atoms with van der Waals surface area (Å²) in [5.74, 6) is -1.12. The van der Waals surface area contributed by atoms with Gasteiger partial charge in [0.05, 0.1) is 0 Å². The molecule has 0 aliphatic carbocycles. The van der Waals surface area contributed by atoms with Crippen LogP contribution in [0.25, 0.3) is 0 Å². The van der Waals surface area contributed by atoms with Crippen LogP contribution in [0.2, 0.25) is 0 Å². The Labute approximate surface area is 69.4 Å². The van der Waals surface area contributed by atoms with Crippen LogP contribution in [-0.2, 0) is 9.59 Å². The number of carboxylic acids is 1. The number of hydrogen-bond acceptors (Lipinski definition) is 4. The van der Waals surface area contributed by atoms with Crippen LogP contribution in [0.3, 0.4) is 0 Å². The first kappa shape index (κ1) is 10.9. The molecule has 0 rings (SSSR count). The lowest BCUT2D eigenvalue weighted by atomic mass is 10.1. The number of aliphatic hydroxyl groups is 1. The first-order chi connectivity index (χ1) is 5.57. The van der Waals surface area contributed by atoms with Crippen molar-refractivity contribution in [1.29, 1.82) is 0 Å². The molecule has 5 N–H and O–H groups in total. The highest BCUT2D eigenvalue weighted by Gasteiger charge is 2.12. The molecule has 0 spiro atoms. The van der Waals surface area contributed by atoms with Gasteiger partial charge in [-0.25, -0.2) is 0 Å². The minimum Gasteiger partial charge on any atom is -0.480 e. The quantitative estimate of drug-likeness (QED) is 0.283. The molecule has 0 saturated heterocycles. The van der Waals surface area contributed by atoms with E-state index >= 15 is 0 Å². The van der Waals surface area contributed by atoms with Crippen molar-refractivity contribution in [1.82, 2.24) is 5.32 Å². The van der Waals surface area contributed by atoms with Gasteiger partial charge in [-0.3, -0.25) is 9.59 Å². The number of hydrogen-bond donors (Lipinski definition) is 4. The molecule has 0 aliphatic rings. The number of amides is 1. The van der Waals surface area contributed by atoms with E-state index < -0.39 is 18.2 Å². The zero-order chi connectivity index (χ0) is 9.56. The van der Waals surface area contributed by atoms with Crippen molar-refractivity contribution in [2.45, 2.75) is 25.1 Å². The molecule has 2 atom stereocenters. The minimum absolute atomic E-state index is 0.122. The zero-order valence-electron chi connectivity index (χ0n) is 6.43. The van der Waals surface area contributed by atoms with Crippen molar-refractivity contribution in [3.05, 3.63) is 0 Å². The maximum Gasteiger partial charge on any atom is 0.320 e. The Morgan fingerprint density at radius 2 is 2.17 bits per heavy atom. The Bertz CT molecular complexity index is 162. The molecule has 0 aromatic rings. The summed E-state index contributed by atoms with van der Waals surface area (Å²) in [6.07, 6.45) is -0.423. The van der Waals surface area contributed by atoms with Crippen molar-refractivity contribution in [3.8, 4) is 0 Å². The molecular weight excluding hydrogens is 164 g/mol. The summed E-state index contributed by atoms with van der Waals surface area (Å²) >= 11 is 0. The van der Waals surface area contributed by atoms with Crippen LogP contribution in [-0.4, -0.2) is 34.9 Å². The average molecular weight is 176 g/mol. The van der Waals surface area contributed by atoms with E-state index in [-0.39, 0.29) is 12.8 Å². The third kappa shape index (κ3) is 4.64. The summed E-state index contributed by atoms with van der Waals surface area (Å²) in [7, 11) is 0. The van der Waals surface area contributed by atoms with Crippen LogP contribution >= 0.6 is 0 Å². The molecule has 0 aromatic carbocycles. The van der Waals surface area contributed by atoms with Crippen molar-refractivity contribution in [3.63, 3.8) is 0 Å². The van der Waals surface area contributed by atoms with E-state index in [1.807, 2.05) is 0 Å². The number of aliphatic hydroxyl groups excluding tert-OH is 1. The molecular formula is C6H12N2O4. The lowest BCUT2D eigenvalue weighted by Gasteiger charge is -2.10. The molecule has 0 heterocycles. The van der Waals surface area contributed by atoms with Gasteiger partial charge in [0.1, 0.15) is 12.3 Å². The van der Waals surface area contributed by atoms with Crippen LogP contribution in [0, 0.1) is 0 Å². The molecule has 0 radical (unpaired) electrons. The monoisotopic (exact) mass is 176 g/mol. The summed E-state index contributed by atoms with van der Waals surface area (Å²) in [4.78, 5) is 19.9. The number of carbonyl (C=O) groups is 2. The number of rotatable bonds is 6. The SMILES string of the molecule is N[C@@H](CCC(O)NC=O)C(=O)O. The maximum absolute atomic E-state index is 10.2. The first-order valence-electron chi connectivity index (χ1n) is 3.44. The van der Waals surface area contributed by atoms with E-state index in [1.54, 1.807) is 0 Å². The average Bonchev–Trinajstić information content (AvgIpc) is 2.00. The molecule has 0 fully saturated rings. The molecule has 12 heavy (non-hydrogen) atoms. The smallest absolute Gasteiger partial charge is 0.320 e. The largest absolute Gasteiger partial charge is 0.480 e. The van der Waals surface area contributed by atoms with Gasteiger partial charge in [0.25, 0.3) is 0 Å². The van der Waals surface area contributed by atoms with Crippen LogP contribution in [0.5, 0.6) is 0 Å². The second kappa shape index (κ2) is 5.50. The third-order valence-electron chi connectivity index (χ3n) is 1.33. The summed E-state index contributed by atoms with van der Waals surface area (Å²) in [6.45, 7) is 0. The topological polar surface area (TPSA) is 113 Å². The zero-order valence-corrected chi connectivity index (χ0v) is 6.43. The molecule has 70 valence electrons. The second-order valence-corrected chi connectivity index (χ2v) is 2.32. The highest BCUT2D eigenvalue weighted by atomic mass is 16.4. The summed E-state index contributed by atoms with van der Waals surface area (Å²) in [6, 6.07) is -0.992. The Morgan fingerprint density at radius 1 is 1.58 bits per heavy atom. The summed E-state index contributed by atoms with van der Waals surface area (Å²) < 4.78 is 0. The lowest BCUT2D eigenvalue weighted by molar-refractivity contribution is -0.138. The van der Waals surface area contributed by atoms with Crippen LogP contribution in [0.1, 0.15) is 12.8 Å². The predicted octanol–water partition coefficient (Wildman–Crippen LogP) is -1.76. The van der Waals surface area contributed by atoms with E-state index in [0.717, 1.165) is 0 Å². The van der Waals surface area contributed by atoms with E-state index in [0.29, 0.717) is 6.41 Å². The van der Waals surface area contributed by atoms with Crippen molar-refractivity contribution in [2.24, 2.45) is 5.73 Å². The molecule has 0 saturated carbocycles. The van der Waals surface area contributed by atoms with E-state index in [9.17, 15) is 9.59 Å². The van der Waals surface area contributed by atoms with E-state index in [1.165, 1.54) is 0 Å². The van der Waals surface area contributed by atoms with Crippen molar-refractivity contribution < 1.29 is 19.8 Å². The van der Waals surface area contributed by atoms with Gasteiger partial charge in [-0.2, -0.15) is 0 Å². The fourth-order valence-electron chi connectivity index (χ4n) is 0.623. The van der Waals surface area contributed by atoms with Crippen LogP contribution in [0.15, 0.2) is 0 Å². The molecule has 1 amide bonds. The van der Waals surface area contributed by atoms with E-state index in [4.69, 9.17) is 15.9 Å². The number of nitrogens with one attached hydrogen (secondary N) is 1. The first-order valence-corrected chi connectivity index (χ1v) is 3.44. The highest BCUT2D eigenvalue weighted by molar-refractivity contribution is 5.72. The fourth-order valence-corrected chi connectivity index (χ4v) is 0.623. The van der Waals surface area contributed by atoms with Gasteiger partial charge < -0.3 is 21.3 Å². The van der Waals surface area contributed by atoms with Crippen molar-refractivity contribution >= 4 is 12.4 Å². The standard InChI is InChI=1S/C6H12N2O4/c7-4(6(11)12)1-2-5(10)8-3-9/h3-5,10H,1-2,7H2,(H,8,9)(H,11,12)/t4-,5?/m0/s1. The fraction of sp³-hybridized carbons (Fsp3) is 0.667. The Kier molecular flexibility index (Phi) is 4.98. The number of aliphatic carboxylic acids is 1. The summed E-state index contributed by atoms with van der Waals surface area (Å²) in [5, 5.41) is 19.3. The molecule has 0 aliphatic heterocycles. The van der Waals surface area contributed by atoms with Crippen LogP contribution in [0.4, 0.5) is 0 Å². The maximum atomic E-state index is 10.2. The molecule has 6 heteroatoms. The Morgan fingerprint density at radius 3 is 2.58 bits per heavy atom. The van der Waals surface area contributed by atoms with Gasteiger partial charge in [-0.15, -0.1) is 0 Å². The third-order valence-corrected chi connectivity index (χ3v) is 1.33. The normalized spacial score (nSPS) is 14.8.